The van der Waals surface area contributed by atoms with Crippen LogP contribution < -0.4 is 9.80 Å². The van der Waals surface area contributed by atoms with Gasteiger partial charge in [0.15, 0.2) is 0 Å². The van der Waals surface area contributed by atoms with Crippen LogP contribution >= 0.6 is 0 Å². The van der Waals surface area contributed by atoms with Crippen molar-refractivity contribution in [1.82, 2.24) is 0 Å². The molecule has 14 aromatic carbocycles. The molecule has 0 fully saturated rings. The van der Waals surface area contributed by atoms with Gasteiger partial charge < -0.3 is 9.80 Å². The second-order valence-electron chi connectivity index (χ2n) is 28.0. The minimum atomic E-state index is -0.115. The lowest BCUT2D eigenvalue weighted by Gasteiger charge is -2.28. The minimum absolute atomic E-state index is 0.115. The van der Waals surface area contributed by atoms with Crippen molar-refractivity contribution < 1.29 is 0 Å². The Balaban J connectivity index is 0.737. The molecule has 90 heavy (non-hydrogen) atoms. The Kier molecular flexibility index (Phi) is 10.9. The van der Waals surface area contributed by atoms with Crippen molar-refractivity contribution in [3.8, 4) is 55.6 Å². The van der Waals surface area contributed by atoms with Crippen LogP contribution in [0.2, 0.25) is 0 Å². The minimum Gasteiger partial charge on any atom is -0.310 e. The van der Waals surface area contributed by atoms with Gasteiger partial charge in [-0.15, -0.1) is 0 Å². The van der Waals surface area contributed by atoms with E-state index in [1.807, 2.05) is 0 Å². The Morgan fingerprint density at radius 1 is 0.200 bits per heavy atom. The van der Waals surface area contributed by atoms with Crippen LogP contribution in [-0.2, 0) is 21.7 Å². The van der Waals surface area contributed by atoms with Crippen LogP contribution in [0.4, 0.5) is 34.1 Å². The van der Waals surface area contributed by atoms with Gasteiger partial charge in [0.25, 0.3) is 0 Å². The van der Waals surface area contributed by atoms with Gasteiger partial charge in [-0.25, -0.2) is 0 Å². The highest BCUT2D eigenvalue weighted by atomic mass is 15.1. The SMILES string of the molecule is CC1(C)c2ccccc2-c2ccc3cc(N(c4ccc(-c5ccc(N(c6ccc7c8c(ccc7c6)-c6ccccc6C8(C)C)c6ccc7c8c(ccc7c6)-c6ccccc6C8(C)C)cc5)cc4)c4ccc5c6c(ccc5c4)-c4ccccc4C6(C)C)ccc3c21. The summed E-state index contributed by atoms with van der Waals surface area (Å²) in [6, 6.07) is 102. The summed E-state index contributed by atoms with van der Waals surface area (Å²) in [5, 5.41) is 10.2. The maximum absolute atomic E-state index is 2.46. The third-order valence-corrected chi connectivity index (χ3v) is 21.7. The summed E-state index contributed by atoms with van der Waals surface area (Å²) < 4.78 is 0. The Morgan fingerprint density at radius 2 is 0.422 bits per heavy atom. The molecule has 0 N–H and O–H groups in total. The van der Waals surface area contributed by atoms with E-state index in [-0.39, 0.29) is 21.7 Å². The van der Waals surface area contributed by atoms with Crippen molar-refractivity contribution in [2.45, 2.75) is 77.0 Å². The summed E-state index contributed by atoms with van der Waals surface area (Å²) in [6.07, 6.45) is 0. The van der Waals surface area contributed by atoms with Gasteiger partial charge in [-0.05, 0) is 216 Å². The Labute approximate surface area is 528 Å². The fourth-order valence-corrected chi connectivity index (χ4v) is 17.5. The summed E-state index contributed by atoms with van der Waals surface area (Å²) in [7, 11) is 0. The first-order chi connectivity index (χ1) is 43.6. The summed E-state index contributed by atoms with van der Waals surface area (Å²) in [6.45, 7) is 19.1. The molecule has 0 unspecified atom stereocenters. The van der Waals surface area contributed by atoms with Gasteiger partial charge in [-0.3, -0.25) is 0 Å². The normalized spacial score (nSPS) is 15.2. The molecule has 430 valence electrons. The van der Waals surface area contributed by atoms with Gasteiger partial charge in [0.1, 0.15) is 0 Å². The average Bonchev–Trinajstić information content (AvgIpc) is 1.83. The van der Waals surface area contributed by atoms with Crippen molar-refractivity contribution >= 4 is 77.2 Å². The van der Waals surface area contributed by atoms with Gasteiger partial charge in [0.2, 0.25) is 0 Å². The maximum Gasteiger partial charge on any atom is 0.0468 e. The second-order valence-corrected chi connectivity index (χ2v) is 28.0. The monoisotopic (exact) mass is 1150 g/mol. The number of rotatable bonds is 7. The molecule has 0 saturated heterocycles. The molecular weight excluding hydrogens is 1080 g/mol. The third kappa shape index (κ3) is 7.34. The Morgan fingerprint density at radius 3 is 0.667 bits per heavy atom. The molecule has 0 bridgehead atoms. The lowest BCUT2D eigenvalue weighted by molar-refractivity contribution is 0.666. The molecule has 2 heteroatoms. The highest BCUT2D eigenvalue weighted by Gasteiger charge is 2.41. The van der Waals surface area contributed by atoms with E-state index in [4.69, 9.17) is 0 Å². The average molecular weight is 1150 g/mol. The smallest absolute Gasteiger partial charge is 0.0468 e. The molecule has 18 rings (SSSR count). The summed E-state index contributed by atoms with van der Waals surface area (Å²) in [4.78, 5) is 4.92. The summed E-state index contributed by atoms with van der Waals surface area (Å²) >= 11 is 0. The number of anilines is 6. The second kappa shape index (κ2) is 18.6. The van der Waals surface area contributed by atoms with Gasteiger partial charge in [0.05, 0.1) is 0 Å². The van der Waals surface area contributed by atoms with Crippen LogP contribution in [0, 0.1) is 0 Å². The van der Waals surface area contributed by atoms with Crippen LogP contribution in [0.25, 0.3) is 98.7 Å². The zero-order chi connectivity index (χ0) is 60.7. The molecule has 2 nitrogen and oxygen atoms in total. The van der Waals surface area contributed by atoms with Crippen LogP contribution in [-0.4, -0.2) is 0 Å². The molecule has 0 aromatic heterocycles. The standard InChI is InChI=1S/C88H68N2/c1-85(2)77-21-13-9-17-69(77)73-41-29-55-49-61(37-45-65(55)81(73)85)89(62-38-46-66-56(50-62)30-42-74-70-18-10-14-22-78(70)86(3,4)82(66)74)59-33-25-53(26-34-59)54-27-35-60(36-28-54)90(63-39-47-67-57(51-63)31-43-75-71-19-11-15-23-79(71)87(5,6)83(67)75)64-40-48-68-58(52-64)32-44-76-72-20-12-16-24-80(72)88(7,8)84(68)76/h9-52H,1-8H3. The molecule has 4 aliphatic carbocycles. The molecule has 0 aliphatic heterocycles. The molecule has 0 atom stereocenters. The molecule has 4 aliphatic rings. The topological polar surface area (TPSA) is 6.48 Å². The first-order valence-electron chi connectivity index (χ1n) is 32.1. The van der Waals surface area contributed by atoms with Crippen molar-refractivity contribution in [3.05, 3.63) is 311 Å². The first-order valence-corrected chi connectivity index (χ1v) is 32.1. The van der Waals surface area contributed by atoms with Crippen LogP contribution in [0.5, 0.6) is 0 Å². The number of fused-ring (bicyclic) bond motifs is 20. The van der Waals surface area contributed by atoms with Crippen LogP contribution in [0.3, 0.4) is 0 Å². The maximum atomic E-state index is 2.46. The number of hydrogen-bond acceptors (Lipinski definition) is 2. The van der Waals surface area contributed by atoms with E-state index in [9.17, 15) is 0 Å². The molecule has 0 spiro atoms. The van der Waals surface area contributed by atoms with Crippen molar-refractivity contribution in [1.29, 1.82) is 0 Å². The largest absolute Gasteiger partial charge is 0.310 e. The van der Waals surface area contributed by atoms with E-state index in [1.165, 1.54) is 132 Å². The lowest BCUT2D eigenvalue weighted by atomic mass is 9.80. The molecule has 14 aromatic rings. The summed E-state index contributed by atoms with van der Waals surface area (Å²) in [5.41, 5.74) is 30.5. The van der Waals surface area contributed by atoms with E-state index in [0.717, 1.165) is 45.3 Å². The lowest BCUT2D eigenvalue weighted by Crippen LogP contribution is -2.16. The molecular formula is C88H68N2. The predicted octanol–water partition coefficient (Wildman–Crippen LogP) is 24.1. The van der Waals surface area contributed by atoms with Gasteiger partial charge in [0, 0.05) is 55.8 Å². The number of nitrogens with zero attached hydrogens (tertiary/aromatic N) is 2. The van der Waals surface area contributed by atoms with Gasteiger partial charge >= 0.3 is 0 Å². The zero-order valence-electron chi connectivity index (χ0n) is 52.3. The fourth-order valence-electron chi connectivity index (χ4n) is 17.5. The predicted molar refractivity (Wildman–Crippen MR) is 382 cm³/mol. The Hall–Kier alpha value is -10.3. The van der Waals surface area contributed by atoms with E-state index in [2.05, 4.69) is 332 Å². The fraction of sp³-hybridized carbons (Fsp3) is 0.136. The van der Waals surface area contributed by atoms with E-state index in [1.54, 1.807) is 0 Å². The van der Waals surface area contributed by atoms with Crippen LogP contribution in [0.1, 0.15) is 99.9 Å². The first kappa shape index (κ1) is 52.8. The van der Waals surface area contributed by atoms with E-state index >= 15 is 0 Å². The number of hydrogen-bond donors (Lipinski definition) is 0. The van der Waals surface area contributed by atoms with Crippen molar-refractivity contribution in [2.75, 3.05) is 9.80 Å². The Bertz CT molecular complexity index is 4790. The third-order valence-electron chi connectivity index (χ3n) is 21.7. The zero-order valence-corrected chi connectivity index (χ0v) is 52.3. The van der Waals surface area contributed by atoms with E-state index < -0.39 is 0 Å². The number of benzene rings is 14. The van der Waals surface area contributed by atoms with E-state index in [0.29, 0.717) is 0 Å². The van der Waals surface area contributed by atoms with Gasteiger partial charge in [-0.2, -0.15) is 0 Å². The van der Waals surface area contributed by atoms with Crippen LogP contribution in [0.15, 0.2) is 267 Å². The highest BCUT2D eigenvalue weighted by molar-refractivity contribution is 6.05. The molecule has 0 heterocycles. The van der Waals surface area contributed by atoms with Crippen molar-refractivity contribution in [2.24, 2.45) is 0 Å². The molecule has 0 radical (unpaired) electrons. The van der Waals surface area contributed by atoms with Gasteiger partial charge in [-0.1, -0.05) is 250 Å². The molecule has 0 amide bonds. The summed E-state index contributed by atoms with van der Waals surface area (Å²) in [5.74, 6) is 0. The molecule has 0 saturated carbocycles. The quantitative estimate of drug-likeness (QED) is 0.157. The van der Waals surface area contributed by atoms with Crippen molar-refractivity contribution in [3.63, 3.8) is 0 Å². The highest BCUT2D eigenvalue weighted by Crippen LogP contribution is 2.57.